The fourth-order valence-electron chi connectivity index (χ4n) is 2.75. The number of ether oxygens (including phenoxy) is 1. The Hall–Kier alpha value is -2.11. The average Bonchev–Trinajstić information content (AvgIpc) is 2.63. The molecular weight excluding hydrogens is 290 g/mol. The highest BCUT2D eigenvalue weighted by Gasteiger charge is 2.12. The summed E-state index contributed by atoms with van der Waals surface area (Å²) in [6, 6.07) is 12.2. The molecule has 0 saturated carbocycles. The number of pyridine rings is 1. The maximum atomic E-state index is 9.24. The van der Waals surface area contributed by atoms with Crippen molar-refractivity contribution in [2.75, 3.05) is 36.5 Å². The van der Waals surface area contributed by atoms with Gasteiger partial charge in [-0.25, -0.2) is 4.98 Å². The average molecular weight is 313 g/mol. The Kier molecular flexibility index (Phi) is 5.10. The Morgan fingerprint density at radius 3 is 2.78 bits per heavy atom. The Balaban J connectivity index is 1.65. The Bertz CT molecular complexity index is 624. The zero-order valence-electron chi connectivity index (χ0n) is 13.4. The maximum Gasteiger partial charge on any atom is 0.128 e. The first-order valence-corrected chi connectivity index (χ1v) is 8.01. The number of rotatable bonds is 5. The van der Waals surface area contributed by atoms with Gasteiger partial charge in [0.05, 0.1) is 31.7 Å². The van der Waals surface area contributed by atoms with Crippen molar-refractivity contribution >= 4 is 11.5 Å². The molecule has 0 radical (unpaired) electrons. The number of nitrogens with one attached hydrogen (secondary N) is 1. The summed E-state index contributed by atoms with van der Waals surface area (Å²) < 4.78 is 5.37. The monoisotopic (exact) mass is 313 g/mol. The van der Waals surface area contributed by atoms with E-state index in [0.29, 0.717) is 0 Å². The highest BCUT2D eigenvalue weighted by Crippen LogP contribution is 2.21. The third-order valence-corrected chi connectivity index (χ3v) is 4.10. The summed E-state index contributed by atoms with van der Waals surface area (Å²) in [6.07, 6.45) is 1.87. The van der Waals surface area contributed by atoms with E-state index in [0.717, 1.165) is 48.9 Å². The van der Waals surface area contributed by atoms with E-state index < -0.39 is 0 Å². The summed E-state index contributed by atoms with van der Waals surface area (Å²) in [4.78, 5) is 6.79. The lowest BCUT2D eigenvalue weighted by atomic mass is 10.1. The van der Waals surface area contributed by atoms with Crippen LogP contribution in [0.3, 0.4) is 0 Å². The molecule has 1 aromatic carbocycles. The van der Waals surface area contributed by atoms with E-state index in [-0.39, 0.29) is 12.6 Å². The largest absolute Gasteiger partial charge is 0.392 e. The number of aliphatic hydroxyl groups excluding tert-OH is 1. The van der Waals surface area contributed by atoms with Crippen molar-refractivity contribution in [2.45, 2.75) is 19.6 Å². The van der Waals surface area contributed by atoms with E-state index >= 15 is 0 Å². The first-order valence-electron chi connectivity index (χ1n) is 8.01. The van der Waals surface area contributed by atoms with Crippen LogP contribution in [0.5, 0.6) is 0 Å². The van der Waals surface area contributed by atoms with Crippen LogP contribution in [0.2, 0.25) is 0 Å². The molecule has 122 valence electrons. The van der Waals surface area contributed by atoms with Gasteiger partial charge in [-0.2, -0.15) is 0 Å². The summed E-state index contributed by atoms with van der Waals surface area (Å²) in [5.41, 5.74) is 3.06. The summed E-state index contributed by atoms with van der Waals surface area (Å²) in [7, 11) is 0. The number of hydrogen-bond donors (Lipinski definition) is 2. The first-order chi connectivity index (χ1) is 11.3. The van der Waals surface area contributed by atoms with Gasteiger partial charge < -0.3 is 20.1 Å². The van der Waals surface area contributed by atoms with Crippen molar-refractivity contribution in [3.8, 4) is 0 Å². The Morgan fingerprint density at radius 1 is 1.26 bits per heavy atom. The molecule has 5 nitrogen and oxygen atoms in total. The lowest BCUT2D eigenvalue weighted by Crippen LogP contribution is -2.36. The van der Waals surface area contributed by atoms with Crippen LogP contribution >= 0.6 is 0 Å². The lowest BCUT2D eigenvalue weighted by Gasteiger charge is -2.28. The van der Waals surface area contributed by atoms with Crippen molar-refractivity contribution < 1.29 is 9.84 Å². The summed E-state index contributed by atoms with van der Waals surface area (Å²) in [5.74, 6) is 0.994. The topological polar surface area (TPSA) is 57.6 Å². The van der Waals surface area contributed by atoms with Gasteiger partial charge >= 0.3 is 0 Å². The molecule has 1 aliphatic rings. The number of aliphatic hydroxyl groups is 1. The minimum Gasteiger partial charge on any atom is -0.392 e. The van der Waals surface area contributed by atoms with Gasteiger partial charge in [0.2, 0.25) is 0 Å². The van der Waals surface area contributed by atoms with E-state index in [1.54, 1.807) is 0 Å². The second-order valence-electron chi connectivity index (χ2n) is 5.77. The van der Waals surface area contributed by atoms with Gasteiger partial charge in [0, 0.05) is 19.1 Å². The second-order valence-corrected chi connectivity index (χ2v) is 5.77. The first kappa shape index (κ1) is 15.8. The lowest BCUT2D eigenvalue weighted by molar-refractivity contribution is 0.122. The van der Waals surface area contributed by atoms with Gasteiger partial charge in [-0.05, 0) is 30.2 Å². The van der Waals surface area contributed by atoms with Crippen LogP contribution in [0.25, 0.3) is 0 Å². The smallest absolute Gasteiger partial charge is 0.128 e. The fourth-order valence-corrected chi connectivity index (χ4v) is 2.75. The Labute approximate surface area is 136 Å². The van der Waals surface area contributed by atoms with Crippen molar-refractivity contribution in [3.05, 3.63) is 53.7 Å². The quantitative estimate of drug-likeness (QED) is 0.888. The predicted octanol–water partition coefficient (Wildman–Crippen LogP) is 2.58. The van der Waals surface area contributed by atoms with E-state index in [4.69, 9.17) is 4.74 Å². The molecule has 23 heavy (non-hydrogen) atoms. The molecule has 1 saturated heterocycles. The highest BCUT2D eigenvalue weighted by molar-refractivity contribution is 5.50. The number of morpholine rings is 1. The van der Waals surface area contributed by atoms with Crippen LogP contribution in [0, 0.1) is 0 Å². The van der Waals surface area contributed by atoms with Gasteiger partial charge in [0.1, 0.15) is 5.82 Å². The van der Waals surface area contributed by atoms with Crippen LogP contribution in [0.4, 0.5) is 11.5 Å². The minimum atomic E-state index is 0.0658. The minimum absolute atomic E-state index is 0.0658. The third kappa shape index (κ3) is 4.00. The number of anilines is 2. The molecule has 2 heterocycles. The van der Waals surface area contributed by atoms with Crippen LogP contribution in [-0.2, 0) is 11.3 Å². The second kappa shape index (κ2) is 7.44. The van der Waals surface area contributed by atoms with Crippen LogP contribution in [0.15, 0.2) is 42.6 Å². The van der Waals surface area contributed by atoms with Crippen molar-refractivity contribution in [1.82, 2.24) is 4.98 Å². The predicted molar refractivity (Wildman–Crippen MR) is 91.7 cm³/mol. The molecule has 2 aromatic rings. The van der Waals surface area contributed by atoms with E-state index in [1.165, 1.54) is 0 Å². The van der Waals surface area contributed by atoms with Gasteiger partial charge in [0.15, 0.2) is 0 Å². The van der Waals surface area contributed by atoms with E-state index in [2.05, 4.69) is 34.3 Å². The normalized spacial score (nSPS) is 16.2. The molecule has 2 N–H and O–H groups in total. The third-order valence-electron chi connectivity index (χ3n) is 4.10. The van der Waals surface area contributed by atoms with Crippen LogP contribution in [-0.4, -0.2) is 36.4 Å². The number of nitrogens with zero attached hydrogens (tertiary/aromatic N) is 2. The van der Waals surface area contributed by atoms with E-state index in [9.17, 15) is 5.11 Å². The molecule has 5 heteroatoms. The molecule has 1 fully saturated rings. The number of hydrogen-bond acceptors (Lipinski definition) is 5. The van der Waals surface area contributed by atoms with Gasteiger partial charge in [-0.1, -0.05) is 24.3 Å². The zero-order valence-corrected chi connectivity index (χ0v) is 13.4. The van der Waals surface area contributed by atoms with Crippen LogP contribution < -0.4 is 10.2 Å². The molecule has 1 aromatic heterocycles. The molecule has 0 unspecified atom stereocenters. The molecule has 1 aliphatic heterocycles. The van der Waals surface area contributed by atoms with Gasteiger partial charge in [-0.15, -0.1) is 0 Å². The molecule has 0 aliphatic carbocycles. The van der Waals surface area contributed by atoms with Crippen LogP contribution in [0.1, 0.15) is 24.1 Å². The molecule has 1 atom stereocenters. The van der Waals surface area contributed by atoms with Crippen molar-refractivity contribution in [1.29, 1.82) is 0 Å². The van der Waals surface area contributed by atoms with Gasteiger partial charge in [0.25, 0.3) is 0 Å². The summed E-state index contributed by atoms with van der Waals surface area (Å²) in [5, 5.41) is 12.7. The summed E-state index contributed by atoms with van der Waals surface area (Å²) in [6.45, 7) is 5.48. The zero-order chi connectivity index (χ0) is 16.1. The Morgan fingerprint density at radius 2 is 2.09 bits per heavy atom. The fraction of sp³-hybridized carbons (Fsp3) is 0.389. The molecule has 0 amide bonds. The molecule has 0 bridgehead atoms. The summed E-state index contributed by atoms with van der Waals surface area (Å²) >= 11 is 0. The SMILES string of the molecule is C[C@H](Nc1ccc(N2CCOCC2)nc1)c1cccc(CO)c1. The maximum absolute atomic E-state index is 9.24. The molecule has 3 rings (SSSR count). The number of benzene rings is 1. The van der Waals surface area contributed by atoms with Crippen molar-refractivity contribution in [2.24, 2.45) is 0 Å². The molecule has 0 spiro atoms. The standard InChI is InChI=1S/C18H23N3O2/c1-14(16-4-2-3-15(11-16)13-22)20-17-5-6-18(19-12-17)21-7-9-23-10-8-21/h2-6,11-12,14,20,22H,7-10,13H2,1H3/t14-/m0/s1. The molecular formula is C18H23N3O2. The van der Waals surface area contributed by atoms with Crippen molar-refractivity contribution in [3.63, 3.8) is 0 Å². The van der Waals surface area contributed by atoms with E-state index in [1.807, 2.05) is 30.5 Å². The highest BCUT2D eigenvalue weighted by atomic mass is 16.5. The number of aromatic nitrogens is 1. The van der Waals surface area contributed by atoms with Gasteiger partial charge in [-0.3, -0.25) is 0 Å².